The van der Waals surface area contributed by atoms with Crippen LogP contribution >= 0.6 is 0 Å². The molecule has 1 heterocycles. The van der Waals surface area contributed by atoms with Gasteiger partial charge in [-0.25, -0.2) is 9.36 Å². The van der Waals surface area contributed by atoms with Gasteiger partial charge < -0.3 is 21.7 Å². The number of unbranched alkanes of at least 4 members (excludes halogenated alkanes) is 15. The molecule has 3 nitrogen and oxygen atoms in total. The minimum Gasteiger partial charge on any atom is -1.00 e. The van der Waals surface area contributed by atoms with E-state index in [0.29, 0.717) is 6.61 Å². The van der Waals surface area contributed by atoms with Gasteiger partial charge in [0.1, 0.15) is 6.54 Å². The van der Waals surface area contributed by atoms with Crippen LogP contribution < -0.4 is 21.5 Å². The van der Waals surface area contributed by atoms with E-state index in [1.165, 1.54) is 102 Å². The van der Waals surface area contributed by atoms with Crippen molar-refractivity contribution in [3.63, 3.8) is 0 Å². The second-order valence-electron chi connectivity index (χ2n) is 8.56. The molecule has 0 aromatic carbocycles. The Morgan fingerprint density at radius 2 is 1.26 bits per heavy atom. The van der Waals surface area contributed by atoms with Gasteiger partial charge in [0.2, 0.25) is 0 Å². The molecule has 0 unspecified atom stereocenters. The van der Waals surface area contributed by atoms with Gasteiger partial charge >= 0.3 is 5.97 Å². The fraction of sp³-hybridized carbons (Fsp3) is 0.704. The third kappa shape index (κ3) is 18.1. The first-order chi connectivity index (χ1) is 14.7. The van der Waals surface area contributed by atoms with Crippen molar-refractivity contribution in [3.05, 3.63) is 42.7 Å². The number of pyridine rings is 1. The van der Waals surface area contributed by atoms with E-state index < -0.39 is 0 Å². The molecule has 0 radical (unpaired) electrons. The topological polar surface area (TPSA) is 30.2 Å². The number of carbonyl (C=O) groups is 1. The summed E-state index contributed by atoms with van der Waals surface area (Å²) in [6.45, 7) is 7.29. The van der Waals surface area contributed by atoms with E-state index in [9.17, 15) is 4.79 Å². The van der Waals surface area contributed by atoms with Gasteiger partial charge in [-0.15, -0.1) is 0 Å². The van der Waals surface area contributed by atoms with Crippen molar-refractivity contribution in [1.29, 1.82) is 0 Å². The molecule has 1 aromatic rings. The van der Waals surface area contributed by atoms with Crippen LogP contribution in [0.1, 0.15) is 108 Å². The Morgan fingerprint density at radius 3 is 1.71 bits per heavy atom. The number of aryl methyl sites for hydroxylation is 2. The zero-order valence-corrected chi connectivity index (χ0v) is 21.5. The molecule has 0 saturated carbocycles. The molecule has 1 aromatic heterocycles. The van der Waals surface area contributed by atoms with Crippen molar-refractivity contribution in [1.82, 2.24) is 0 Å². The number of esters is 1. The van der Waals surface area contributed by atoms with Crippen LogP contribution in [0.5, 0.6) is 0 Å². The molecule has 1 rings (SSSR count). The molecule has 0 N–H and O–H groups in total. The first kappa shape index (κ1) is 29.8. The highest BCUT2D eigenvalue weighted by atomic mass is 79.9. The van der Waals surface area contributed by atoms with Crippen LogP contribution in [0.2, 0.25) is 0 Å². The molecule has 178 valence electrons. The predicted molar refractivity (Wildman–Crippen MR) is 126 cm³/mol. The van der Waals surface area contributed by atoms with Gasteiger partial charge in [0, 0.05) is 31.6 Å². The first-order valence-corrected chi connectivity index (χ1v) is 12.5. The van der Waals surface area contributed by atoms with E-state index in [2.05, 4.69) is 42.5 Å². The Morgan fingerprint density at radius 1 is 0.806 bits per heavy atom. The van der Waals surface area contributed by atoms with Crippen molar-refractivity contribution >= 4 is 5.97 Å². The number of hydrogen-bond acceptors (Lipinski definition) is 2. The number of aromatic nitrogens is 1. The van der Waals surface area contributed by atoms with Crippen LogP contribution in [0.25, 0.3) is 0 Å². The summed E-state index contributed by atoms with van der Waals surface area (Å²) in [6.07, 6.45) is 24.8. The fourth-order valence-corrected chi connectivity index (χ4v) is 3.90. The van der Waals surface area contributed by atoms with Gasteiger partial charge in [-0.2, -0.15) is 0 Å². The van der Waals surface area contributed by atoms with E-state index in [-0.39, 0.29) is 23.0 Å². The molecule has 4 heteroatoms. The van der Waals surface area contributed by atoms with Crippen molar-refractivity contribution in [2.75, 3.05) is 6.61 Å². The minimum absolute atomic E-state index is 0. The highest BCUT2D eigenvalue weighted by Crippen LogP contribution is 2.13. The number of nitrogens with zero attached hydrogens (tertiary/aromatic N) is 1. The van der Waals surface area contributed by atoms with Crippen LogP contribution in [0.15, 0.2) is 37.1 Å². The van der Waals surface area contributed by atoms with Crippen LogP contribution in [-0.2, 0) is 16.1 Å². The van der Waals surface area contributed by atoms with Crippen LogP contribution in [0.4, 0.5) is 0 Å². The van der Waals surface area contributed by atoms with Gasteiger partial charge in [0.25, 0.3) is 0 Å². The van der Waals surface area contributed by atoms with Gasteiger partial charge in [-0.05, 0) is 12.8 Å². The maximum absolute atomic E-state index is 10.9. The number of halogens is 1. The number of hydrogen-bond donors (Lipinski definition) is 0. The average Bonchev–Trinajstić information content (AvgIpc) is 2.76. The highest BCUT2D eigenvalue weighted by molar-refractivity contribution is 5.81. The third-order valence-corrected chi connectivity index (χ3v) is 5.87. The quantitative estimate of drug-likeness (QED) is 0.117. The first-order valence-electron chi connectivity index (χ1n) is 12.5. The zero-order valence-electron chi connectivity index (χ0n) is 20.0. The fourth-order valence-electron chi connectivity index (χ4n) is 3.90. The summed E-state index contributed by atoms with van der Waals surface area (Å²) in [4.78, 5) is 10.9. The Balaban J connectivity index is 0.00000900. The van der Waals surface area contributed by atoms with Crippen molar-refractivity contribution in [3.8, 4) is 0 Å². The molecule has 31 heavy (non-hydrogen) atoms. The Labute approximate surface area is 202 Å². The van der Waals surface area contributed by atoms with Gasteiger partial charge in [0.15, 0.2) is 11.9 Å². The lowest BCUT2D eigenvalue weighted by Gasteiger charge is -2.04. The van der Waals surface area contributed by atoms with E-state index in [0.717, 1.165) is 19.4 Å². The maximum atomic E-state index is 10.9. The molecular formula is C27H46BrNO2. The smallest absolute Gasteiger partial charge is 0.330 e. The summed E-state index contributed by atoms with van der Waals surface area (Å²) in [5.74, 6) is -0.303. The van der Waals surface area contributed by atoms with Crippen molar-refractivity contribution < 1.29 is 31.1 Å². The van der Waals surface area contributed by atoms with Crippen molar-refractivity contribution in [2.45, 2.75) is 116 Å². The third-order valence-electron chi connectivity index (χ3n) is 5.87. The molecule has 0 amide bonds. The second-order valence-corrected chi connectivity index (χ2v) is 8.56. The normalized spacial score (nSPS) is 10.5. The Kier molecular flexibility index (Phi) is 21.2. The van der Waals surface area contributed by atoms with Crippen LogP contribution in [0, 0.1) is 6.92 Å². The van der Waals surface area contributed by atoms with Gasteiger partial charge in [-0.3, -0.25) is 0 Å². The van der Waals surface area contributed by atoms with E-state index >= 15 is 0 Å². The van der Waals surface area contributed by atoms with E-state index in [1.54, 1.807) is 0 Å². The molecule has 0 saturated heterocycles. The standard InChI is InChI=1S/C27H46NO2.BrH/c1-3-27(29)30-25-21-17-15-13-11-9-7-5-4-6-8-10-12-14-16-19-23-28-24-20-18-22-26(28)2;/h3,18,20,22,24H,1,4-17,19,21,23,25H2,2H3;1H/q+1;/p-1. The maximum Gasteiger partial charge on any atom is 0.330 e. The summed E-state index contributed by atoms with van der Waals surface area (Å²) in [6, 6.07) is 6.43. The number of rotatable bonds is 20. The summed E-state index contributed by atoms with van der Waals surface area (Å²) >= 11 is 0. The molecular weight excluding hydrogens is 450 g/mol. The van der Waals surface area contributed by atoms with Crippen LogP contribution in [0.3, 0.4) is 0 Å². The zero-order chi connectivity index (χ0) is 21.7. The number of ether oxygens (including phenoxy) is 1. The summed E-state index contributed by atoms with van der Waals surface area (Å²) in [5, 5.41) is 0. The summed E-state index contributed by atoms with van der Waals surface area (Å²) in [7, 11) is 0. The van der Waals surface area contributed by atoms with Crippen LogP contribution in [-0.4, -0.2) is 12.6 Å². The molecule has 0 fully saturated rings. The SMILES string of the molecule is C=CC(=O)OCCCCCCCCCCCCCCCCCC[n+]1ccccc1C.[Br-]. The van der Waals surface area contributed by atoms with E-state index in [4.69, 9.17) is 4.74 Å². The minimum atomic E-state index is -0.303. The molecule has 0 aliphatic rings. The average molecular weight is 497 g/mol. The highest BCUT2D eigenvalue weighted by Gasteiger charge is 2.03. The Hall–Kier alpha value is -1.16. The lowest BCUT2D eigenvalue weighted by atomic mass is 10.0. The Bertz CT molecular complexity index is 562. The second kappa shape index (κ2) is 22.0. The van der Waals surface area contributed by atoms with Crippen molar-refractivity contribution in [2.24, 2.45) is 0 Å². The largest absolute Gasteiger partial charge is 1.00 e. The predicted octanol–water partition coefficient (Wildman–Crippen LogP) is 4.26. The summed E-state index contributed by atoms with van der Waals surface area (Å²) in [5.41, 5.74) is 1.36. The van der Waals surface area contributed by atoms with Gasteiger partial charge in [-0.1, -0.05) is 96.1 Å². The molecule has 0 aliphatic heterocycles. The molecule has 0 bridgehead atoms. The van der Waals surface area contributed by atoms with Gasteiger partial charge in [0.05, 0.1) is 6.61 Å². The lowest BCUT2D eigenvalue weighted by molar-refractivity contribution is -0.703. The molecule has 0 aliphatic carbocycles. The van der Waals surface area contributed by atoms with E-state index in [1.807, 2.05) is 0 Å². The summed E-state index contributed by atoms with van der Waals surface area (Å²) < 4.78 is 7.34. The monoisotopic (exact) mass is 495 g/mol. The number of carbonyl (C=O) groups excluding carboxylic acids is 1. The molecule has 0 atom stereocenters. The lowest BCUT2D eigenvalue weighted by Crippen LogP contribution is -3.00. The molecule has 0 spiro atoms.